The van der Waals surface area contributed by atoms with Crippen LogP contribution in [0.2, 0.25) is 0 Å². The van der Waals surface area contributed by atoms with Crippen molar-refractivity contribution in [2.45, 2.75) is 25.8 Å². The van der Waals surface area contributed by atoms with Gasteiger partial charge in [-0.15, -0.1) is 0 Å². The molecule has 0 saturated carbocycles. The lowest BCUT2D eigenvalue weighted by atomic mass is 10.1. The van der Waals surface area contributed by atoms with Crippen molar-refractivity contribution in [3.8, 4) is 11.5 Å². The number of aryl methyl sites for hydroxylation is 1. The molecule has 0 spiro atoms. The Morgan fingerprint density at radius 1 is 0.914 bits per heavy atom. The number of imide groups is 1. The van der Waals surface area contributed by atoms with Gasteiger partial charge >= 0.3 is 5.97 Å². The van der Waals surface area contributed by atoms with Gasteiger partial charge in [0.1, 0.15) is 0 Å². The summed E-state index contributed by atoms with van der Waals surface area (Å²) in [4.78, 5) is 55.0. The van der Waals surface area contributed by atoms with Crippen molar-refractivity contribution in [1.29, 1.82) is 0 Å². The molecule has 2 amide bonds. The highest BCUT2D eigenvalue weighted by Gasteiger charge is 2.34. The molecular weight excluding hydrogens is 454 g/mol. The third-order valence-corrected chi connectivity index (χ3v) is 5.78. The highest BCUT2D eigenvalue weighted by atomic mass is 16.5. The van der Waals surface area contributed by atoms with Crippen molar-refractivity contribution < 1.29 is 28.6 Å². The molecule has 1 aliphatic heterocycles. The molecule has 10 nitrogen and oxygen atoms in total. The lowest BCUT2D eigenvalue weighted by Crippen LogP contribution is -2.31. The largest absolute Gasteiger partial charge is 0.493 e. The van der Waals surface area contributed by atoms with Crippen molar-refractivity contribution in [3.05, 3.63) is 64.2 Å². The molecule has 4 rings (SSSR count). The Morgan fingerprint density at radius 3 is 2.23 bits per heavy atom. The second-order valence-corrected chi connectivity index (χ2v) is 7.95. The highest BCUT2D eigenvalue weighted by molar-refractivity contribution is 6.21. The molecule has 10 heteroatoms. The molecular formula is C25H25N3O7. The molecule has 182 valence electrons. The summed E-state index contributed by atoms with van der Waals surface area (Å²) in [5, 5.41) is 0.390. The lowest BCUT2D eigenvalue weighted by Gasteiger charge is -2.13. The summed E-state index contributed by atoms with van der Waals surface area (Å²) in [5.74, 6) is -0.165. The fourth-order valence-electron chi connectivity index (χ4n) is 3.96. The Hall–Kier alpha value is -4.21. The fourth-order valence-corrected chi connectivity index (χ4v) is 3.96. The predicted octanol–water partition coefficient (Wildman–Crippen LogP) is 2.42. The maximum Gasteiger partial charge on any atom is 0.305 e. The number of carbonyl (C=O) groups excluding carboxylic acids is 3. The number of rotatable bonds is 10. The Morgan fingerprint density at radius 2 is 1.57 bits per heavy atom. The molecule has 0 aliphatic carbocycles. The molecule has 0 bridgehead atoms. The maximum atomic E-state index is 12.8. The van der Waals surface area contributed by atoms with E-state index in [0.29, 0.717) is 52.9 Å². The molecule has 0 unspecified atom stereocenters. The van der Waals surface area contributed by atoms with Gasteiger partial charge < -0.3 is 14.2 Å². The van der Waals surface area contributed by atoms with Gasteiger partial charge in [0.05, 0.1) is 49.2 Å². The number of fused-ring (bicyclic) bond motifs is 2. The first-order valence-electron chi connectivity index (χ1n) is 11.2. The van der Waals surface area contributed by atoms with E-state index in [9.17, 15) is 19.2 Å². The first-order valence-corrected chi connectivity index (χ1v) is 11.2. The number of aromatic nitrogens is 2. The van der Waals surface area contributed by atoms with Crippen LogP contribution in [0.1, 0.15) is 40.0 Å². The summed E-state index contributed by atoms with van der Waals surface area (Å²) < 4.78 is 17.2. The average molecular weight is 479 g/mol. The molecule has 3 aromatic rings. The quantitative estimate of drug-likeness (QED) is 0.247. The van der Waals surface area contributed by atoms with E-state index in [-0.39, 0.29) is 36.9 Å². The van der Waals surface area contributed by atoms with E-state index in [1.54, 1.807) is 36.4 Å². The number of benzene rings is 2. The van der Waals surface area contributed by atoms with E-state index < -0.39 is 5.97 Å². The van der Waals surface area contributed by atoms with Crippen LogP contribution in [0, 0.1) is 0 Å². The van der Waals surface area contributed by atoms with E-state index >= 15 is 0 Å². The van der Waals surface area contributed by atoms with Crippen LogP contribution in [0.15, 0.2) is 47.5 Å². The molecule has 2 aromatic carbocycles. The first-order chi connectivity index (χ1) is 16.9. The average Bonchev–Trinajstić information content (AvgIpc) is 3.12. The second kappa shape index (κ2) is 10.4. The normalized spacial score (nSPS) is 12.7. The minimum atomic E-state index is -0.416. The maximum absolute atomic E-state index is 12.8. The number of hydrogen-bond donors (Lipinski definition) is 0. The van der Waals surface area contributed by atoms with Crippen molar-refractivity contribution in [3.63, 3.8) is 0 Å². The number of esters is 1. The number of hydrogen-bond acceptors (Lipinski definition) is 8. The van der Waals surface area contributed by atoms with Crippen LogP contribution in [-0.4, -0.2) is 59.6 Å². The molecule has 35 heavy (non-hydrogen) atoms. The summed E-state index contributed by atoms with van der Waals surface area (Å²) in [6.45, 7) is 0.553. The van der Waals surface area contributed by atoms with Gasteiger partial charge in [-0.05, 0) is 31.0 Å². The summed E-state index contributed by atoms with van der Waals surface area (Å²) in [6.07, 6.45) is 2.28. The molecule has 0 radical (unpaired) electrons. The minimum absolute atomic E-state index is 0.0886. The molecule has 2 heterocycles. The van der Waals surface area contributed by atoms with Gasteiger partial charge in [-0.2, -0.15) is 0 Å². The van der Waals surface area contributed by atoms with Crippen LogP contribution in [0.4, 0.5) is 0 Å². The van der Waals surface area contributed by atoms with E-state index in [0.717, 1.165) is 0 Å². The van der Waals surface area contributed by atoms with Gasteiger partial charge in [-0.25, -0.2) is 4.98 Å². The predicted molar refractivity (Wildman–Crippen MR) is 126 cm³/mol. The highest BCUT2D eigenvalue weighted by Crippen LogP contribution is 2.29. The van der Waals surface area contributed by atoms with Gasteiger partial charge in [-0.1, -0.05) is 12.1 Å². The first kappa shape index (κ1) is 23.9. The molecule has 0 N–H and O–H groups in total. The summed E-state index contributed by atoms with van der Waals surface area (Å²) in [6, 6.07) is 9.90. The summed E-state index contributed by atoms with van der Waals surface area (Å²) in [5.41, 5.74) is 1.03. The van der Waals surface area contributed by atoms with Crippen molar-refractivity contribution in [1.82, 2.24) is 14.5 Å². The Bertz CT molecular complexity index is 1310. The van der Waals surface area contributed by atoms with Crippen LogP contribution in [0.5, 0.6) is 11.5 Å². The van der Waals surface area contributed by atoms with Crippen LogP contribution < -0.4 is 15.0 Å². The third kappa shape index (κ3) is 4.86. The number of ether oxygens (including phenoxy) is 3. The number of amides is 2. The number of methoxy groups -OCH3 is 2. The van der Waals surface area contributed by atoms with Crippen molar-refractivity contribution >= 4 is 28.7 Å². The van der Waals surface area contributed by atoms with Gasteiger partial charge in [0, 0.05) is 25.6 Å². The Balaban J connectivity index is 1.24. The minimum Gasteiger partial charge on any atom is -0.493 e. The zero-order chi connectivity index (χ0) is 24.9. The lowest BCUT2D eigenvalue weighted by molar-refractivity contribution is -0.143. The zero-order valence-electron chi connectivity index (χ0n) is 19.5. The van der Waals surface area contributed by atoms with E-state index in [1.165, 1.54) is 30.0 Å². The zero-order valence-corrected chi connectivity index (χ0v) is 19.5. The second-order valence-electron chi connectivity index (χ2n) is 7.95. The Labute approximate surface area is 201 Å². The molecule has 0 saturated heterocycles. The SMILES string of the molecule is COc1cc2ncn(CCCC(=O)OCCCN3C(=O)c4ccccc4C3=O)c(=O)c2cc1OC. The molecule has 1 aliphatic rings. The van der Waals surface area contributed by atoms with E-state index in [1.807, 2.05) is 0 Å². The Kier molecular flexibility index (Phi) is 7.09. The van der Waals surface area contributed by atoms with Gasteiger partial charge in [-0.3, -0.25) is 28.6 Å². The van der Waals surface area contributed by atoms with Crippen LogP contribution >= 0.6 is 0 Å². The van der Waals surface area contributed by atoms with Crippen LogP contribution in [0.25, 0.3) is 10.9 Å². The van der Waals surface area contributed by atoms with E-state index in [4.69, 9.17) is 14.2 Å². The van der Waals surface area contributed by atoms with Gasteiger partial charge in [0.25, 0.3) is 17.4 Å². The summed E-state index contributed by atoms with van der Waals surface area (Å²) >= 11 is 0. The topological polar surface area (TPSA) is 117 Å². The molecule has 0 atom stereocenters. The number of carbonyl (C=O) groups is 3. The monoisotopic (exact) mass is 479 g/mol. The summed E-state index contributed by atoms with van der Waals surface area (Å²) in [7, 11) is 3.00. The van der Waals surface area contributed by atoms with Crippen molar-refractivity contribution in [2.24, 2.45) is 0 Å². The van der Waals surface area contributed by atoms with Crippen LogP contribution in [-0.2, 0) is 16.1 Å². The third-order valence-electron chi connectivity index (χ3n) is 5.78. The van der Waals surface area contributed by atoms with Crippen LogP contribution in [0.3, 0.4) is 0 Å². The fraction of sp³-hybridized carbons (Fsp3) is 0.320. The van der Waals surface area contributed by atoms with Crippen molar-refractivity contribution in [2.75, 3.05) is 27.4 Å². The van der Waals surface area contributed by atoms with E-state index in [2.05, 4.69) is 4.98 Å². The molecule has 0 fully saturated rings. The van der Waals surface area contributed by atoms with Gasteiger partial charge in [0.15, 0.2) is 11.5 Å². The number of nitrogens with zero attached hydrogens (tertiary/aromatic N) is 3. The van der Waals surface area contributed by atoms with Gasteiger partial charge in [0.2, 0.25) is 0 Å². The standard InChI is InChI=1S/C25H25N3O7/c1-33-20-13-18-19(14-21(20)34-2)26-15-27(23(18)30)10-5-9-22(29)35-12-6-11-28-24(31)16-7-3-4-8-17(16)25(28)32/h3-4,7-8,13-15H,5-6,9-12H2,1-2H3. The molecule has 1 aromatic heterocycles. The smallest absolute Gasteiger partial charge is 0.305 e.